The van der Waals surface area contributed by atoms with Gasteiger partial charge in [-0.2, -0.15) is 5.26 Å². The predicted octanol–water partition coefficient (Wildman–Crippen LogP) is 6.25. The third-order valence-electron chi connectivity index (χ3n) is 6.40. The second-order valence-corrected chi connectivity index (χ2v) is 12.1. The van der Waals surface area contributed by atoms with Crippen molar-refractivity contribution in [2.75, 3.05) is 6.61 Å². The fourth-order valence-corrected chi connectivity index (χ4v) is 9.10. The monoisotopic (exact) mass is 515 g/mol. The van der Waals surface area contributed by atoms with Crippen LogP contribution in [0.5, 0.6) is 11.5 Å². The van der Waals surface area contributed by atoms with Crippen molar-refractivity contribution >= 4 is 28.6 Å². The van der Waals surface area contributed by atoms with Gasteiger partial charge in [0.2, 0.25) is 0 Å². The van der Waals surface area contributed by atoms with Crippen LogP contribution in [0, 0.1) is 11.3 Å². The number of hydrogen-bond acceptors (Lipinski definition) is 4. The fraction of sp³-hybridized carbons (Fsp3) is 0.0606. The van der Waals surface area contributed by atoms with Crippen molar-refractivity contribution in [1.29, 1.82) is 5.26 Å². The van der Waals surface area contributed by atoms with E-state index in [2.05, 4.69) is 6.07 Å². The predicted molar refractivity (Wildman–Crippen MR) is 154 cm³/mol. The van der Waals surface area contributed by atoms with Crippen LogP contribution in [0.15, 0.2) is 144 Å². The highest BCUT2D eigenvalue weighted by atomic mass is 31.2. The van der Waals surface area contributed by atoms with Crippen LogP contribution in [0.25, 0.3) is 0 Å². The molecule has 5 heteroatoms. The van der Waals surface area contributed by atoms with Gasteiger partial charge in [0.15, 0.2) is 5.78 Å². The summed E-state index contributed by atoms with van der Waals surface area (Å²) in [5.74, 6) is 1.63. The Labute approximate surface area is 223 Å². The molecule has 4 nitrogen and oxygen atoms in total. The zero-order chi connectivity index (χ0) is 26.4. The molecule has 0 bridgehead atoms. The van der Waals surface area contributed by atoms with Crippen LogP contribution in [0.1, 0.15) is 6.92 Å². The first-order chi connectivity index (χ1) is 18.6. The molecule has 0 amide bonds. The maximum Gasteiger partial charge on any atom is 0.161 e. The summed E-state index contributed by atoms with van der Waals surface area (Å²) in [7, 11) is 0. The van der Waals surface area contributed by atoms with E-state index >= 15 is 0 Å². The first-order valence-corrected chi connectivity index (χ1v) is 14.1. The third-order valence-corrected chi connectivity index (χ3v) is 10.8. The first-order valence-electron chi connectivity index (χ1n) is 12.3. The highest BCUT2D eigenvalue weighted by Crippen LogP contribution is 2.58. The average Bonchev–Trinajstić information content (AvgIpc) is 2.97. The van der Waals surface area contributed by atoms with Crippen molar-refractivity contribution in [3.8, 4) is 17.6 Å². The molecule has 0 aromatic heterocycles. The SMILES string of the molecule is CC(=O)C1=P(c2ccccc2)(c2ccccc2)C(C#N)=C(COc2ccccc2)C(Oc2ccccc2)=C1. The Morgan fingerprint density at radius 3 is 1.68 bits per heavy atom. The number of hydrogen-bond donors (Lipinski definition) is 0. The van der Waals surface area contributed by atoms with E-state index in [1.807, 2.05) is 127 Å². The highest BCUT2D eigenvalue weighted by molar-refractivity contribution is 7.94. The van der Waals surface area contributed by atoms with Crippen molar-refractivity contribution in [1.82, 2.24) is 0 Å². The van der Waals surface area contributed by atoms with Crippen LogP contribution < -0.4 is 20.1 Å². The van der Waals surface area contributed by atoms with Gasteiger partial charge in [-0.3, -0.25) is 4.79 Å². The Kier molecular flexibility index (Phi) is 7.40. The van der Waals surface area contributed by atoms with Crippen molar-refractivity contribution in [3.63, 3.8) is 0 Å². The molecular weight excluding hydrogens is 489 g/mol. The molecule has 5 rings (SSSR count). The summed E-state index contributed by atoms with van der Waals surface area (Å²) in [6.45, 7) is -1.17. The standard InChI is InChI=1S/C33H26NO3P/c1-25(35)32-22-31(37-27-16-8-3-9-17-27)30(24-36-26-14-6-2-7-15-26)33(23-34)38(32,28-18-10-4-11-19-28)29-20-12-5-13-21-29/h2-22H,24H2,1H3. The number of carbonyl (C=O) groups excluding carboxylic acids is 1. The van der Waals surface area contributed by atoms with Crippen LogP contribution in [0.4, 0.5) is 0 Å². The number of ketones is 1. The topological polar surface area (TPSA) is 59.3 Å². The molecule has 0 atom stereocenters. The summed E-state index contributed by atoms with van der Waals surface area (Å²) in [6.07, 6.45) is 1.83. The number of rotatable bonds is 8. The summed E-state index contributed by atoms with van der Waals surface area (Å²) < 4.78 is 12.6. The summed E-state index contributed by atoms with van der Waals surface area (Å²) in [5, 5.41) is 13.8. The van der Waals surface area contributed by atoms with Gasteiger partial charge in [-0.25, -0.2) is 0 Å². The molecule has 0 radical (unpaired) electrons. The number of para-hydroxylation sites is 2. The summed E-state index contributed by atoms with van der Waals surface area (Å²) in [6, 6.07) is 41.1. The second-order valence-electron chi connectivity index (χ2n) is 8.75. The van der Waals surface area contributed by atoms with Crippen LogP contribution in [0.2, 0.25) is 0 Å². The van der Waals surface area contributed by atoms with Crippen LogP contribution in [-0.4, -0.2) is 17.7 Å². The van der Waals surface area contributed by atoms with E-state index < -0.39 is 6.89 Å². The van der Waals surface area contributed by atoms with E-state index in [4.69, 9.17) is 9.47 Å². The van der Waals surface area contributed by atoms with E-state index in [0.29, 0.717) is 33.4 Å². The molecule has 4 aromatic rings. The lowest BCUT2D eigenvalue weighted by atomic mass is 10.1. The van der Waals surface area contributed by atoms with E-state index in [0.717, 1.165) is 10.6 Å². The van der Waals surface area contributed by atoms with Crippen LogP contribution in [-0.2, 0) is 4.79 Å². The molecule has 1 aliphatic heterocycles. The molecule has 4 aromatic carbocycles. The van der Waals surface area contributed by atoms with Gasteiger partial charge in [-0.1, -0.05) is 97.1 Å². The number of benzene rings is 4. The lowest BCUT2D eigenvalue weighted by Gasteiger charge is -2.35. The zero-order valence-corrected chi connectivity index (χ0v) is 21.8. The third kappa shape index (κ3) is 4.73. The van der Waals surface area contributed by atoms with Gasteiger partial charge in [0.25, 0.3) is 0 Å². The van der Waals surface area contributed by atoms with Gasteiger partial charge in [-0.05, 0) is 54.8 Å². The number of nitriles is 1. The Balaban J connectivity index is 1.84. The molecule has 0 spiro atoms. The van der Waals surface area contributed by atoms with E-state index in [9.17, 15) is 10.1 Å². The molecule has 0 aliphatic carbocycles. The molecule has 38 heavy (non-hydrogen) atoms. The van der Waals surface area contributed by atoms with Gasteiger partial charge in [0.05, 0.1) is 10.9 Å². The van der Waals surface area contributed by atoms with Crippen molar-refractivity contribution < 1.29 is 14.3 Å². The van der Waals surface area contributed by atoms with Gasteiger partial charge >= 0.3 is 0 Å². The minimum absolute atomic E-state index is 0.101. The molecule has 0 N–H and O–H groups in total. The Bertz CT molecular complexity index is 1560. The number of nitrogens with zero attached hydrogens (tertiary/aromatic N) is 1. The number of ether oxygens (including phenoxy) is 2. The summed E-state index contributed by atoms with van der Waals surface area (Å²) in [4.78, 5) is 13.4. The lowest BCUT2D eigenvalue weighted by Crippen LogP contribution is -2.30. The fourth-order valence-electron chi connectivity index (χ4n) is 4.73. The highest BCUT2D eigenvalue weighted by Gasteiger charge is 2.39. The first kappa shape index (κ1) is 25.1. The molecule has 0 saturated heterocycles. The van der Waals surface area contributed by atoms with Crippen LogP contribution in [0.3, 0.4) is 0 Å². The molecule has 1 heterocycles. The number of Topliss-reactive ketones (excluding diaryl/α,β-unsaturated/α-hetero) is 1. The minimum Gasteiger partial charge on any atom is -0.489 e. The smallest absolute Gasteiger partial charge is 0.161 e. The lowest BCUT2D eigenvalue weighted by molar-refractivity contribution is -0.110. The normalized spacial score (nSPS) is 14.3. The Morgan fingerprint density at radius 2 is 1.21 bits per heavy atom. The average molecular weight is 516 g/mol. The second kappa shape index (κ2) is 11.2. The molecule has 0 fully saturated rings. The molecule has 1 aliphatic rings. The van der Waals surface area contributed by atoms with Gasteiger partial charge in [0, 0.05) is 5.29 Å². The minimum atomic E-state index is -2.84. The van der Waals surface area contributed by atoms with Crippen molar-refractivity contribution in [2.24, 2.45) is 0 Å². The van der Waals surface area contributed by atoms with Gasteiger partial charge in [-0.15, -0.1) is 0 Å². The number of allylic oxidation sites excluding steroid dienone is 2. The largest absolute Gasteiger partial charge is 0.489 e. The summed E-state index contributed by atoms with van der Waals surface area (Å²) >= 11 is 0. The molecule has 186 valence electrons. The van der Waals surface area contributed by atoms with Gasteiger partial charge in [0.1, 0.15) is 29.9 Å². The molecule has 0 unspecified atom stereocenters. The maximum atomic E-state index is 13.4. The quantitative estimate of drug-likeness (QED) is 0.260. The van der Waals surface area contributed by atoms with E-state index in [1.54, 1.807) is 6.92 Å². The number of carbonyl (C=O) groups is 1. The van der Waals surface area contributed by atoms with E-state index in [-0.39, 0.29) is 12.4 Å². The maximum absolute atomic E-state index is 13.4. The zero-order valence-electron chi connectivity index (χ0n) is 21.0. The Morgan fingerprint density at radius 1 is 0.737 bits per heavy atom. The van der Waals surface area contributed by atoms with Crippen molar-refractivity contribution in [2.45, 2.75) is 6.92 Å². The van der Waals surface area contributed by atoms with Crippen molar-refractivity contribution in [3.05, 3.63) is 144 Å². The van der Waals surface area contributed by atoms with E-state index in [1.165, 1.54) is 0 Å². The Hall–Kier alpha value is -4.58. The summed E-state index contributed by atoms with van der Waals surface area (Å²) in [5.41, 5.74) is 0.631. The molecule has 0 saturated carbocycles. The molecular formula is C33H26NO3P. The van der Waals surface area contributed by atoms with Crippen LogP contribution >= 0.6 is 6.89 Å². The van der Waals surface area contributed by atoms with Gasteiger partial charge < -0.3 is 9.47 Å².